The molecule has 38 heavy (non-hydrogen) atoms. The van der Waals surface area contributed by atoms with E-state index in [1.807, 2.05) is 40.7 Å². The predicted molar refractivity (Wildman–Crippen MR) is 152 cm³/mol. The summed E-state index contributed by atoms with van der Waals surface area (Å²) in [4.78, 5) is 40.7. The van der Waals surface area contributed by atoms with Gasteiger partial charge in [-0.3, -0.25) is 14.4 Å². The van der Waals surface area contributed by atoms with E-state index < -0.39 is 0 Å². The third-order valence-electron chi connectivity index (χ3n) is 7.47. The molecule has 0 spiro atoms. The highest BCUT2D eigenvalue weighted by Crippen LogP contribution is 2.22. The first kappa shape index (κ1) is 31.6. The van der Waals surface area contributed by atoms with Gasteiger partial charge in [0.25, 0.3) is 5.91 Å². The number of rotatable bonds is 10. The van der Waals surface area contributed by atoms with Gasteiger partial charge in [0, 0.05) is 31.6 Å². The van der Waals surface area contributed by atoms with Crippen LogP contribution in [0.15, 0.2) is 35.4 Å². The fourth-order valence-electron chi connectivity index (χ4n) is 5.42. The number of hydrogen-bond acceptors (Lipinski definition) is 5. The van der Waals surface area contributed by atoms with E-state index in [1.54, 1.807) is 13.8 Å². The predicted octanol–water partition coefficient (Wildman–Crippen LogP) is 4.19. The highest BCUT2D eigenvalue weighted by molar-refractivity contribution is 5.95. The first-order chi connectivity index (χ1) is 17.7. The molecule has 214 valence electrons. The molecule has 0 unspecified atom stereocenters. The maximum Gasteiger partial charge on any atom is 0.279 e. The molecule has 0 bridgehead atoms. The van der Waals surface area contributed by atoms with Crippen molar-refractivity contribution in [1.29, 1.82) is 0 Å². The van der Waals surface area contributed by atoms with E-state index in [-0.39, 0.29) is 35.8 Å². The third kappa shape index (κ3) is 9.93. The lowest BCUT2D eigenvalue weighted by Crippen LogP contribution is -2.56. The summed E-state index contributed by atoms with van der Waals surface area (Å²) in [5, 5.41) is 6.20. The lowest BCUT2D eigenvalue weighted by Gasteiger charge is -2.37. The van der Waals surface area contributed by atoms with Gasteiger partial charge in [-0.2, -0.15) is 0 Å². The van der Waals surface area contributed by atoms with E-state index in [0.717, 1.165) is 70.3 Å². The second-order valence-electron chi connectivity index (χ2n) is 12.1. The Bertz CT molecular complexity index is 928. The summed E-state index contributed by atoms with van der Waals surface area (Å²) >= 11 is 0. The number of carbonyl (C=O) groups is 3. The van der Waals surface area contributed by atoms with Crippen LogP contribution in [-0.2, 0) is 19.1 Å². The molecule has 2 aliphatic rings. The van der Waals surface area contributed by atoms with Gasteiger partial charge in [0.15, 0.2) is 18.2 Å². The SMILES string of the molecule is C=C(OC(C)(C)C)N1CCC(NC(=O)/C(C)=C(NC(=O)C[N+]2(CC(C)=O)CCCCCC2)/C(C)=C\C)CC1. The van der Waals surface area contributed by atoms with Crippen molar-refractivity contribution >= 4 is 17.6 Å². The van der Waals surface area contributed by atoms with Crippen LogP contribution in [0.3, 0.4) is 0 Å². The summed E-state index contributed by atoms with van der Waals surface area (Å²) in [6, 6.07) is 0.0421. The number of nitrogens with one attached hydrogen (secondary N) is 2. The van der Waals surface area contributed by atoms with E-state index >= 15 is 0 Å². The highest BCUT2D eigenvalue weighted by Gasteiger charge is 2.33. The second kappa shape index (κ2) is 14.0. The van der Waals surface area contributed by atoms with Gasteiger partial charge in [0.05, 0.1) is 18.8 Å². The van der Waals surface area contributed by atoms with Crippen molar-refractivity contribution in [2.24, 2.45) is 0 Å². The molecule has 0 radical (unpaired) electrons. The number of ether oxygens (including phenoxy) is 1. The third-order valence-corrected chi connectivity index (χ3v) is 7.47. The Kier molecular flexibility index (Phi) is 11.6. The minimum Gasteiger partial charge on any atom is -0.474 e. The largest absolute Gasteiger partial charge is 0.474 e. The molecule has 8 heteroatoms. The molecule has 0 saturated carbocycles. The number of hydrogen-bond donors (Lipinski definition) is 2. The molecule has 0 aliphatic carbocycles. The summed E-state index contributed by atoms with van der Waals surface area (Å²) in [6.07, 6.45) is 7.80. The van der Waals surface area contributed by atoms with Crippen LogP contribution in [-0.4, -0.2) is 77.9 Å². The molecule has 0 aromatic rings. The van der Waals surface area contributed by atoms with Crippen molar-refractivity contribution in [2.75, 3.05) is 39.3 Å². The van der Waals surface area contributed by atoms with Gasteiger partial charge >= 0.3 is 0 Å². The number of amides is 2. The smallest absolute Gasteiger partial charge is 0.279 e. The van der Waals surface area contributed by atoms with Crippen LogP contribution in [0.25, 0.3) is 0 Å². The van der Waals surface area contributed by atoms with Crippen LogP contribution < -0.4 is 10.6 Å². The summed E-state index contributed by atoms with van der Waals surface area (Å²) in [5.41, 5.74) is 1.59. The molecule has 0 aromatic heterocycles. The summed E-state index contributed by atoms with van der Waals surface area (Å²) in [5.74, 6) is 0.450. The molecule has 2 heterocycles. The van der Waals surface area contributed by atoms with Gasteiger partial charge in [-0.25, -0.2) is 0 Å². The Morgan fingerprint density at radius 2 is 1.58 bits per heavy atom. The van der Waals surface area contributed by atoms with Crippen LogP contribution >= 0.6 is 0 Å². The zero-order chi connectivity index (χ0) is 28.5. The fourth-order valence-corrected chi connectivity index (χ4v) is 5.42. The van der Waals surface area contributed by atoms with Crippen molar-refractivity contribution in [3.8, 4) is 0 Å². The number of likely N-dealkylation sites (tertiary alicyclic amines) is 2. The van der Waals surface area contributed by atoms with Crippen LogP contribution in [0.4, 0.5) is 0 Å². The Hall–Kier alpha value is -2.61. The second-order valence-corrected chi connectivity index (χ2v) is 12.1. The van der Waals surface area contributed by atoms with Crippen LogP contribution in [0, 0.1) is 0 Å². The normalized spacial score (nSPS) is 19.7. The first-order valence-corrected chi connectivity index (χ1v) is 14.2. The number of ketones is 1. The van der Waals surface area contributed by atoms with Crippen molar-refractivity contribution in [1.82, 2.24) is 15.5 Å². The molecule has 0 aromatic carbocycles. The first-order valence-electron chi connectivity index (χ1n) is 14.2. The number of Topliss-reactive ketones (excluding diaryl/α,β-unsaturated/α-hetero) is 1. The number of allylic oxidation sites excluding steroid dienone is 2. The van der Waals surface area contributed by atoms with Gasteiger partial charge < -0.3 is 24.8 Å². The van der Waals surface area contributed by atoms with Crippen molar-refractivity contribution < 1.29 is 23.6 Å². The monoisotopic (exact) mass is 531 g/mol. The molecule has 0 atom stereocenters. The molecule has 2 amide bonds. The highest BCUT2D eigenvalue weighted by atomic mass is 16.5. The van der Waals surface area contributed by atoms with Crippen molar-refractivity contribution in [3.05, 3.63) is 35.4 Å². The fraction of sp³-hybridized carbons (Fsp3) is 0.700. The minimum atomic E-state index is -0.295. The quantitative estimate of drug-likeness (QED) is 0.191. The van der Waals surface area contributed by atoms with E-state index in [0.29, 0.717) is 28.2 Å². The number of quaternary nitrogens is 1. The topological polar surface area (TPSA) is 87.7 Å². The van der Waals surface area contributed by atoms with Crippen LogP contribution in [0.2, 0.25) is 0 Å². The zero-order valence-electron chi connectivity index (χ0n) is 24.9. The number of nitrogens with zero attached hydrogens (tertiary/aromatic N) is 2. The van der Waals surface area contributed by atoms with E-state index in [9.17, 15) is 14.4 Å². The van der Waals surface area contributed by atoms with E-state index in [2.05, 4.69) is 22.1 Å². The van der Waals surface area contributed by atoms with E-state index in [1.165, 1.54) is 0 Å². The van der Waals surface area contributed by atoms with Crippen molar-refractivity contribution in [3.63, 3.8) is 0 Å². The molecule has 2 saturated heterocycles. The van der Waals surface area contributed by atoms with Crippen molar-refractivity contribution in [2.45, 2.75) is 98.6 Å². The number of carbonyl (C=O) groups excluding carboxylic acids is 3. The van der Waals surface area contributed by atoms with Crippen LogP contribution in [0.5, 0.6) is 0 Å². The van der Waals surface area contributed by atoms with Gasteiger partial charge in [0.2, 0.25) is 5.91 Å². The minimum absolute atomic E-state index is 0.0421. The Morgan fingerprint density at radius 3 is 2.08 bits per heavy atom. The lowest BCUT2D eigenvalue weighted by molar-refractivity contribution is -0.912. The Morgan fingerprint density at radius 1 is 1.00 bits per heavy atom. The Labute approximate surface area is 230 Å². The molecule has 8 nitrogen and oxygen atoms in total. The van der Waals surface area contributed by atoms with Gasteiger partial charge in [-0.15, -0.1) is 0 Å². The molecule has 2 rings (SSSR count). The lowest BCUT2D eigenvalue weighted by atomic mass is 10.0. The summed E-state index contributed by atoms with van der Waals surface area (Å²) < 4.78 is 6.40. The van der Waals surface area contributed by atoms with Gasteiger partial charge in [0.1, 0.15) is 12.1 Å². The molecular weight excluding hydrogens is 480 g/mol. The maximum atomic E-state index is 13.3. The summed E-state index contributed by atoms with van der Waals surface area (Å²) in [6.45, 7) is 21.0. The summed E-state index contributed by atoms with van der Waals surface area (Å²) in [7, 11) is 0. The molecule has 2 aliphatic heterocycles. The number of piperidine rings is 1. The Balaban J connectivity index is 2.07. The standard InChI is InChI=1S/C30H50N4O4/c1-9-22(2)28(32-27(36)21-34(20-23(3)35)18-12-10-11-13-19-34)24(4)29(37)31-26-14-16-33(17-15-26)25(5)38-30(6,7)8/h9,26H,5,10-21H2,1-4,6-8H3,(H-,31,32,36,37)/p+1/b22-9-. The average Bonchev–Trinajstić information content (AvgIpc) is 3.05. The van der Waals surface area contributed by atoms with Gasteiger partial charge in [-0.05, 0) is 92.2 Å². The molecule has 2 fully saturated rings. The maximum absolute atomic E-state index is 13.3. The van der Waals surface area contributed by atoms with E-state index in [4.69, 9.17) is 4.74 Å². The van der Waals surface area contributed by atoms with Gasteiger partial charge in [-0.1, -0.05) is 6.08 Å². The zero-order valence-corrected chi connectivity index (χ0v) is 24.9. The average molecular weight is 532 g/mol. The van der Waals surface area contributed by atoms with Crippen LogP contribution in [0.1, 0.15) is 87.0 Å². The molecular formula is C30H51N4O4+. The molecule has 2 N–H and O–H groups in total.